The van der Waals surface area contributed by atoms with E-state index < -0.39 is 0 Å². The van der Waals surface area contributed by atoms with Crippen LogP contribution in [0, 0.1) is 0 Å². The van der Waals surface area contributed by atoms with E-state index >= 15 is 0 Å². The molecule has 0 radical (unpaired) electrons. The van der Waals surface area contributed by atoms with Crippen LogP contribution in [0.15, 0.2) is 30.3 Å². The lowest BCUT2D eigenvalue weighted by molar-refractivity contribution is 0.210. The van der Waals surface area contributed by atoms with E-state index in [1.165, 1.54) is 42.8 Å². The summed E-state index contributed by atoms with van der Waals surface area (Å²) < 4.78 is 0. The summed E-state index contributed by atoms with van der Waals surface area (Å²) in [5, 5.41) is 9.57. The minimum Gasteiger partial charge on any atom is -0.374 e. The molecule has 112 valence electrons. The average Bonchev–Trinajstić information content (AvgIpc) is 2.94. The molecule has 0 aliphatic carbocycles. The van der Waals surface area contributed by atoms with Gasteiger partial charge in [-0.15, -0.1) is 10.2 Å². The molecule has 1 fully saturated rings. The summed E-state index contributed by atoms with van der Waals surface area (Å²) in [5.74, 6) is 0.741. The molecule has 0 saturated carbocycles. The van der Waals surface area contributed by atoms with E-state index in [1.807, 2.05) is 0 Å². The summed E-state index contributed by atoms with van der Waals surface area (Å²) in [4.78, 5) is 2.57. The fraction of sp³-hybridized carbons (Fsp3) is 0.500. The fourth-order valence-electron chi connectivity index (χ4n) is 3.04. The van der Waals surface area contributed by atoms with Crippen molar-refractivity contribution in [3.63, 3.8) is 0 Å². The molecule has 2 aromatic rings. The second-order valence-corrected chi connectivity index (χ2v) is 6.76. The second kappa shape index (κ2) is 7.00. The second-order valence-electron chi connectivity index (χ2n) is 5.66. The number of benzene rings is 1. The summed E-state index contributed by atoms with van der Waals surface area (Å²) in [6.07, 6.45) is 4.68. The smallest absolute Gasteiger partial charge is 0.203 e. The Labute approximate surface area is 130 Å². The number of anilines is 1. The van der Waals surface area contributed by atoms with E-state index in [2.05, 4.69) is 45.4 Å². The highest BCUT2D eigenvalue weighted by molar-refractivity contribution is 7.15. The van der Waals surface area contributed by atoms with Crippen molar-refractivity contribution in [1.82, 2.24) is 15.1 Å². The van der Waals surface area contributed by atoms with Gasteiger partial charge in [0.1, 0.15) is 5.01 Å². The number of hydrogen-bond donors (Lipinski definition) is 1. The maximum atomic E-state index is 5.60. The van der Waals surface area contributed by atoms with Crippen LogP contribution in [0.25, 0.3) is 0 Å². The SMILES string of the molecule is Nc1nnc(CCCN2CCC(c3ccccc3)CC2)s1. The van der Waals surface area contributed by atoms with Gasteiger partial charge in [-0.25, -0.2) is 0 Å². The number of piperidine rings is 1. The predicted molar refractivity (Wildman–Crippen MR) is 87.5 cm³/mol. The van der Waals surface area contributed by atoms with E-state index in [-0.39, 0.29) is 0 Å². The number of aryl methyl sites for hydroxylation is 1. The number of likely N-dealkylation sites (tertiary alicyclic amines) is 1. The topological polar surface area (TPSA) is 55.0 Å². The number of nitrogens with zero attached hydrogens (tertiary/aromatic N) is 3. The summed E-state index contributed by atoms with van der Waals surface area (Å²) in [7, 11) is 0. The Morgan fingerprint density at radius 1 is 1.14 bits per heavy atom. The largest absolute Gasteiger partial charge is 0.374 e. The van der Waals surface area contributed by atoms with E-state index in [4.69, 9.17) is 5.73 Å². The summed E-state index contributed by atoms with van der Waals surface area (Å²) in [5.41, 5.74) is 7.10. The van der Waals surface area contributed by atoms with Gasteiger partial charge < -0.3 is 10.6 Å². The summed E-state index contributed by atoms with van der Waals surface area (Å²) in [6, 6.07) is 10.9. The first-order valence-corrected chi connectivity index (χ1v) is 8.48. The zero-order valence-corrected chi connectivity index (χ0v) is 13.1. The Kier molecular flexibility index (Phi) is 4.83. The van der Waals surface area contributed by atoms with Crippen LogP contribution in [0.5, 0.6) is 0 Å². The molecule has 2 heterocycles. The summed E-state index contributed by atoms with van der Waals surface area (Å²) in [6.45, 7) is 3.57. The molecule has 0 unspecified atom stereocenters. The number of rotatable bonds is 5. The third-order valence-corrected chi connectivity index (χ3v) is 5.02. The van der Waals surface area contributed by atoms with E-state index in [0.29, 0.717) is 5.13 Å². The zero-order valence-electron chi connectivity index (χ0n) is 12.2. The molecule has 1 aliphatic rings. The van der Waals surface area contributed by atoms with Crippen molar-refractivity contribution in [2.45, 2.75) is 31.6 Å². The molecule has 21 heavy (non-hydrogen) atoms. The number of aromatic nitrogens is 2. The highest BCUT2D eigenvalue weighted by Crippen LogP contribution is 2.27. The Balaban J connectivity index is 1.40. The monoisotopic (exact) mass is 302 g/mol. The molecule has 5 heteroatoms. The van der Waals surface area contributed by atoms with E-state index in [0.717, 1.165) is 30.3 Å². The molecular weight excluding hydrogens is 280 g/mol. The van der Waals surface area contributed by atoms with Gasteiger partial charge in [0.2, 0.25) is 5.13 Å². The minimum absolute atomic E-state index is 0.577. The molecular formula is C16H22N4S. The van der Waals surface area contributed by atoms with Crippen LogP contribution in [0.3, 0.4) is 0 Å². The Hall–Kier alpha value is -1.46. The lowest BCUT2D eigenvalue weighted by Crippen LogP contribution is -2.33. The van der Waals surface area contributed by atoms with Gasteiger partial charge in [-0.2, -0.15) is 0 Å². The minimum atomic E-state index is 0.577. The van der Waals surface area contributed by atoms with Crippen molar-refractivity contribution < 1.29 is 0 Å². The maximum absolute atomic E-state index is 5.60. The number of nitrogens with two attached hydrogens (primary N) is 1. The molecule has 0 spiro atoms. The third kappa shape index (κ3) is 4.02. The number of hydrogen-bond acceptors (Lipinski definition) is 5. The van der Waals surface area contributed by atoms with Crippen LogP contribution in [0.1, 0.15) is 35.8 Å². The summed E-state index contributed by atoms with van der Waals surface area (Å²) >= 11 is 1.51. The van der Waals surface area contributed by atoms with Crippen molar-refractivity contribution in [3.05, 3.63) is 40.9 Å². The van der Waals surface area contributed by atoms with Gasteiger partial charge in [0.25, 0.3) is 0 Å². The van der Waals surface area contributed by atoms with Gasteiger partial charge in [-0.3, -0.25) is 0 Å². The fourth-order valence-corrected chi connectivity index (χ4v) is 3.69. The van der Waals surface area contributed by atoms with E-state index in [9.17, 15) is 0 Å². The quantitative estimate of drug-likeness (QED) is 0.922. The van der Waals surface area contributed by atoms with Crippen LogP contribution in [0.2, 0.25) is 0 Å². The predicted octanol–water partition coefficient (Wildman–Crippen LogP) is 2.93. The molecule has 0 bridgehead atoms. The van der Waals surface area contributed by atoms with Gasteiger partial charge >= 0.3 is 0 Å². The first kappa shape index (κ1) is 14.5. The normalized spacial score (nSPS) is 17.1. The Morgan fingerprint density at radius 2 is 1.90 bits per heavy atom. The van der Waals surface area contributed by atoms with Gasteiger partial charge in [-0.05, 0) is 50.4 Å². The highest BCUT2D eigenvalue weighted by atomic mass is 32.1. The molecule has 4 nitrogen and oxygen atoms in total. The molecule has 1 saturated heterocycles. The number of nitrogen functional groups attached to an aromatic ring is 1. The van der Waals surface area contributed by atoms with Gasteiger partial charge in [0.15, 0.2) is 0 Å². The van der Waals surface area contributed by atoms with Crippen molar-refractivity contribution in [1.29, 1.82) is 0 Å². The lowest BCUT2D eigenvalue weighted by atomic mass is 9.89. The Morgan fingerprint density at radius 3 is 2.57 bits per heavy atom. The van der Waals surface area contributed by atoms with Crippen LogP contribution in [0.4, 0.5) is 5.13 Å². The van der Waals surface area contributed by atoms with Crippen molar-refractivity contribution >= 4 is 16.5 Å². The molecule has 0 atom stereocenters. The molecule has 1 aromatic carbocycles. The molecule has 0 amide bonds. The van der Waals surface area contributed by atoms with Gasteiger partial charge in [0, 0.05) is 6.42 Å². The van der Waals surface area contributed by atoms with Gasteiger partial charge in [-0.1, -0.05) is 41.7 Å². The van der Waals surface area contributed by atoms with Crippen molar-refractivity contribution in [2.24, 2.45) is 0 Å². The maximum Gasteiger partial charge on any atom is 0.203 e. The average molecular weight is 302 g/mol. The third-order valence-electron chi connectivity index (χ3n) is 4.21. The standard InChI is InChI=1S/C16H22N4S/c17-16-19-18-15(21-16)7-4-10-20-11-8-14(9-12-20)13-5-2-1-3-6-13/h1-3,5-6,14H,4,7-12H2,(H2,17,19). The van der Waals surface area contributed by atoms with Crippen LogP contribution < -0.4 is 5.73 Å². The first-order valence-electron chi connectivity index (χ1n) is 7.66. The van der Waals surface area contributed by atoms with Crippen LogP contribution in [-0.2, 0) is 6.42 Å². The zero-order chi connectivity index (χ0) is 14.5. The molecule has 1 aliphatic heterocycles. The van der Waals surface area contributed by atoms with E-state index in [1.54, 1.807) is 0 Å². The molecule has 3 rings (SSSR count). The Bertz CT molecular complexity index is 546. The molecule has 2 N–H and O–H groups in total. The lowest BCUT2D eigenvalue weighted by Gasteiger charge is -2.32. The van der Waals surface area contributed by atoms with Crippen LogP contribution >= 0.6 is 11.3 Å². The first-order chi connectivity index (χ1) is 10.3. The van der Waals surface area contributed by atoms with Crippen molar-refractivity contribution in [3.8, 4) is 0 Å². The van der Waals surface area contributed by atoms with Crippen molar-refractivity contribution in [2.75, 3.05) is 25.4 Å². The highest BCUT2D eigenvalue weighted by Gasteiger charge is 2.19. The molecule has 1 aromatic heterocycles. The van der Waals surface area contributed by atoms with Gasteiger partial charge in [0.05, 0.1) is 0 Å². The van der Waals surface area contributed by atoms with Crippen LogP contribution in [-0.4, -0.2) is 34.7 Å².